The monoisotopic (exact) mass is 543 g/mol. The number of halogens is 1. The minimum Gasteiger partial charge on any atom is -0.348 e. The van der Waals surface area contributed by atoms with Gasteiger partial charge in [0.1, 0.15) is 6.33 Å². The molecule has 4 aromatic rings. The normalized spacial score (nSPS) is 13.7. The van der Waals surface area contributed by atoms with E-state index in [2.05, 4.69) is 50.0 Å². The molecule has 11 heteroatoms. The van der Waals surface area contributed by atoms with Gasteiger partial charge in [-0.15, -0.1) is 0 Å². The van der Waals surface area contributed by atoms with Crippen molar-refractivity contribution in [2.75, 3.05) is 36.5 Å². The molecule has 10 nitrogen and oxygen atoms in total. The molecule has 0 atom stereocenters. The molecule has 2 N–H and O–H groups in total. The van der Waals surface area contributed by atoms with Gasteiger partial charge < -0.3 is 4.90 Å². The highest BCUT2D eigenvalue weighted by Crippen LogP contribution is 2.34. The number of benzene rings is 3. The first-order chi connectivity index (χ1) is 19.0. The van der Waals surface area contributed by atoms with E-state index in [9.17, 15) is 14.9 Å². The van der Waals surface area contributed by atoms with Gasteiger partial charge in [0.15, 0.2) is 0 Å². The highest BCUT2D eigenvalue weighted by atomic mass is 35.5. The molecular formula is C28H26ClN7O3. The summed E-state index contributed by atoms with van der Waals surface area (Å²) in [6.07, 6.45) is 1.25. The number of piperazine rings is 1. The number of anilines is 2. The number of carbonyl (C=O) groups is 1. The summed E-state index contributed by atoms with van der Waals surface area (Å²) in [5, 5.41) is 12.6. The molecule has 0 aliphatic carbocycles. The van der Waals surface area contributed by atoms with Crippen LogP contribution in [0.2, 0.25) is 5.02 Å². The third kappa shape index (κ3) is 5.97. The Hall–Kier alpha value is -4.54. The van der Waals surface area contributed by atoms with Crippen molar-refractivity contribution >= 4 is 34.8 Å². The van der Waals surface area contributed by atoms with Crippen molar-refractivity contribution in [1.29, 1.82) is 0 Å². The van der Waals surface area contributed by atoms with Crippen LogP contribution < -0.4 is 15.8 Å². The average Bonchev–Trinajstić information content (AvgIpc) is 2.97. The Morgan fingerprint density at radius 3 is 2.03 bits per heavy atom. The van der Waals surface area contributed by atoms with Crippen LogP contribution in [0.3, 0.4) is 0 Å². The van der Waals surface area contributed by atoms with E-state index in [-0.39, 0.29) is 23.4 Å². The zero-order valence-corrected chi connectivity index (χ0v) is 21.7. The molecule has 1 aromatic heterocycles. The molecule has 0 radical (unpaired) electrons. The van der Waals surface area contributed by atoms with Crippen molar-refractivity contribution in [3.05, 3.63) is 123 Å². The third-order valence-corrected chi connectivity index (χ3v) is 6.85. The second-order valence-corrected chi connectivity index (χ2v) is 9.42. The molecule has 2 heterocycles. The molecule has 1 aliphatic rings. The van der Waals surface area contributed by atoms with Crippen molar-refractivity contribution in [3.8, 4) is 0 Å². The van der Waals surface area contributed by atoms with E-state index in [1.165, 1.54) is 17.5 Å². The van der Waals surface area contributed by atoms with Crippen LogP contribution in [-0.2, 0) is 0 Å². The number of nitrogens with one attached hydrogen (secondary N) is 2. The lowest BCUT2D eigenvalue weighted by atomic mass is 9.96. The Bertz CT molecular complexity index is 1390. The van der Waals surface area contributed by atoms with Crippen LogP contribution >= 0.6 is 11.6 Å². The first kappa shape index (κ1) is 26.1. The van der Waals surface area contributed by atoms with Crippen LogP contribution in [-0.4, -0.2) is 51.9 Å². The lowest BCUT2D eigenvalue weighted by Crippen LogP contribution is -2.48. The van der Waals surface area contributed by atoms with Crippen LogP contribution in [0, 0.1) is 10.1 Å². The number of carbonyl (C=O) groups excluding carboxylic acids is 1. The number of hydrazine groups is 1. The molecule has 1 aliphatic heterocycles. The fourth-order valence-corrected chi connectivity index (χ4v) is 4.85. The fourth-order valence-electron chi connectivity index (χ4n) is 4.73. The van der Waals surface area contributed by atoms with E-state index in [0.29, 0.717) is 36.8 Å². The van der Waals surface area contributed by atoms with Gasteiger partial charge in [-0.25, -0.2) is 9.97 Å². The maximum absolute atomic E-state index is 12.5. The highest BCUT2D eigenvalue weighted by molar-refractivity contribution is 6.30. The Morgan fingerprint density at radius 2 is 1.46 bits per heavy atom. The summed E-state index contributed by atoms with van der Waals surface area (Å²) in [5.74, 6) is -0.377. The summed E-state index contributed by atoms with van der Waals surface area (Å²) in [6, 6.07) is 27.0. The lowest BCUT2D eigenvalue weighted by molar-refractivity contribution is -0.383. The predicted octanol–water partition coefficient (Wildman–Crippen LogP) is 4.71. The average molecular weight is 544 g/mol. The smallest absolute Gasteiger partial charge is 0.348 e. The summed E-state index contributed by atoms with van der Waals surface area (Å²) in [6.45, 7) is 2.41. The number of aromatic nitrogens is 2. The van der Waals surface area contributed by atoms with Crippen molar-refractivity contribution in [2.24, 2.45) is 0 Å². The van der Waals surface area contributed by atoms with Gasteiger partial charge >= 0.3 is 5.69 Å². The second kappa shape index (κ2) is 11.9. The van der Waals surface area contributed by atoms with Crippen molar-refractivity contribution < 1.29 is 9.72 Å². The van der Waals surface area contributed by atoms with E-state index in [0.717, 1.165) is 0 Å². The summed E-state index contributed by atoms with van der Waals surface area (Å²) in [5.41, 5.74) is 7.47. The van der Waals surface area contributed by atoms with E-state index in [4.69, 9.17) is 11.6 Å². The van der Waals surface area contributed by atoms with Crippen LogP contribution in [0.15, 0.2) is 91.3 Å². The predicted molar refractivity (Wildman–Crippen MR) is 150 cm³/mol. The maximum Gasteiger partial charge on any atom is 0.355 e. The van der Waals surface area contributed by atoms with Gasteiger partial charge in [0.25, 0.3) is 5.91 Å². The number of nitro groups is 1. The Balaban J connectivity index is 1.33. The number of amides is 1. The van der Waals surface area contributed by atoms with E-state index in [1.54, 1.807) is 24.3 Å². The summed E-state index contributed by atoms with van der Waals surface area (Å²) in [7, 11) is 0. The first-order valence-corrected chi connectivity index (χ1v) is 12.8. The van der Waals surface area contributed by atoms with Crippen molar-refractivity contribution in [2.45, 2.75) is 6.04 Å². The minimum absolute atomic E-state index is 0.0650. The topological polar surface area (TPSA) is 117 Å². The molecule has 0 unspecified atom stereocenters. The van der Waals surface area contributed by atoms with Crippen LogP contribution in [0.25, 0.3) is 0 Å². The standard InChI is InChI=1S/C28H26ClN7O3/c29-23-13-11-22(12-14-23)28(37)33-32-26-25(36(38)39)27(31-19-30-26)35-17-15-34(16-18-35)24(20-7-3-1-4-8-20)21-9-5-2-6-10-21/h1-14,19,24H,15-18H2,(H,33,37)(H,30,31,32). The van der Waals surface area contributed by atoms with Gasteiger partial charge in [-0.05, 0) is 35.4 Å². The van der Waals surface area contributed by atoms with Crippen molar-refractivity contribution in [1.82, 2.24) is 20.3 Å². The molecule has 1 fully saturated rings. The molecule has 1 amide bonds. The molecule has 5 rings (SSSR count). The zero-order valence-electron chi connectivity index (χ0n) is 20.9. The van der Waals surface area contributed by atoms with Gasteiger partial charge in [0.2, 0.25) is 11.6 Å². The fraction of sp³-hybridized carbons (Fsp3) is 0.179. The van der Waals surface area contributed by atoms with E-state index >= 15 is 0 Å². The first-order valence-electron chi connectivity index (χ1n) is 12.4. The molecule has 0 spiro atoms. The quantitative estimate of drug-likeness (QED) is 0.242. The van der Waals surface area contributed by atoms with E-state index in [1.807, 2.05) is 41.3 Å². The van der Waals surface area contributed by atoms with Crippen LogP contribution in [0.5, 0.6) is 0 Å². The third-order valence-electron chi connectivity index (χ3n) is 6.60. The minimum atomic E-state index is -0.533. The SMILES string of the molecule is O=C(NNc1ncnc(N2CCN(C(c3ccccc3)c3ccccc3)CC2)c1[N+](=O)[O-])c1ccc(Cl)cc1. The molecular weight excluding hydrogens is 518 g/mol. The van der Waals surface area contributed by atoms with Crippen LogP contribution in [0.1, 0.15) is 27.5 Å². The van der Waals surface area contributed by atoms with Gasteiger partial charge in [0, 0.05) is 36.8 Å². The summed E-state index contributed by atoms with van der Waals surface area (Å²) in [4.78, 5) is 36.6. The van der Waals surface area contributed by atoms with Crippen molar-refractivity contribution in [3.63, 3.8) is 0 Å². The molecule has 0 saturated carbocycles. The molecule has 0 bridgehead atoms. The van der Waals surface area contributed by atoms with Gasteiger partial charge in [-0.1, -0.05) is 72.3 Å². The number of nitrogens with zero attached hydrogens (tertiary/aromatic N) is 5. The molecule has 3 aromatic carbocycles. The maximum atomic E-state index is 12.5. The van der Waals surface area contributed by atoms with Gasteiger partial charge in [0.05, 0.1) is 11.0 Å². The number of hydrogen-bond donors (Lipinski definition) is 2. The molecule has 1 saturated heterocycles. The Labute approximate surface area is 230 Å². The summed E-state index contributed by atoms with van der Waals surface area (Å²) >= 11 is 5.88. The highest BCUT2D eigenvalue weighted by Gasteiger charge is 2.32. The Morgan fingerprint density at radius 1 is 0.872 bits per heavy atom. The van der Waals surface area contributed by atoms with Gasteiger partial charge in [-0.3, -0.25) is 30.7 Å². The second-order valence-electron chi connectivity index (χ2n) is 8.98. The zero-order chi connectivity index (χ0) is 27.2. The van der Waals surface area contributed by atoms with E-state index < -0.39 is 10.8 Å². The number of hydrogen-bond acceptors (Lipinski definition) is 8. The number of rotatable bonds is 8. The molecule has 39 heavy (non-hydrogen) atoms. The largest absolute Gasteiger partial charge is 0.355 e. The molecule has 198 valence electrons. The summed E-state index contributed by atoms with van der Waals surface area (Å²) < 4.78 is 0. The van der Waals surface area contributed by atoms with Gasteiger partial charge in [-0.2, -0.15) is 0 Å². The Kier molecular flexibility index (Phi) is 7.95. The lowest BCUT2D eigenvalue weighted by Gasteiger charge is -2.40. The van der Waals surface area contributed by atoms with Crippen LogP contribution in [0.4, 0.5) is 17.3 Å².